The fraction of sp³-hybridized carbons (Fsp3) is 0.938. The molecule has 0 radical (unpaired) electrons. The number of nitrogens with one attached hydrogen (secondary N) is 1. The predicted octanol–water partition coefficient (Wildman–Crippen LogP) is 4.54. The second-order valence-electron chi connectivity index (χ2n) is 6.52. The van der Waals surface area contributed by atoms with E-state index < -0.39 is 0 Å². The molecule has 0 spiro atoms. The lowest BCUT2D eigenvalue weighted by molar-refractivity contribution is -0.119. The molecule has 2 heteroatoms. The zero-order chi connectivity index (χ0) is 14.2. The van der Waals surface area contributed by atoms with Gasteiger partial charge in [0.2, 0.25) is 5.91 Å². The molecular weight excluding hydrogens is 222 g/mol. The van der Waals surface area contributed by atoms with E-state index in [9.17, 15) is 4.79 Å². The van der Waals surface area contributed by atoms with Crippen molar-refractivity contribution in [2.75, 3.05) is 6.54 Å². The maximum absolute atomic E-state index is 11.1. The van der Waals surface area contributed by atoms with Crippen LogP contribution in [0.15, 0.2) is 0 Å². The molecule has 1 amide bonds. The Labute approximate surface area is 114 Å². The van der Waals surface area contributed by atoms with Crippen molar-refractivity contribution in [3.63, 3.8) is 0 Å². The Morgan fingerprint density at radius 1 is 1.06 bits per heavy atom. The van der Waals surface area contributed by atoms with Gasteiger partial charge in [-0.15, -0.1) is 0 Å². The third-order valence-electron chi connectivity index (χ3n) is 4.78. The Balaban J connectivity index is 4.43. The molecule has 2 nitrogen and oxygen atoms in total. The normalized spacial score (nSPS) is 15.2. The van der Waals surface area contributed by atoms with Crippen LogP contribution in [0.5, 0.6) is 0 Å². The Bertz CT molecular complexity index is 247. The lowest BCUT2D eigenvalue weighted by atomic mass is 9.62. The quantitative estimate of drug-likeness (QED) is 0.602. The molecule has 0 fully saturated rings. The molecule has 0 aromatic rings. The van der Waals surface area contributed by atoms with Crippen molar-refractivity contribution in [1.82, 2.24) is 5.32 Å². The average molecular weight is 255 g/mol. The lowest BCUT2D eigenvalue weighted by Crippen LogP contribution is -2.43. The number of hydrogen-bond acceptors (Lipinski definition) is 1. The molecule has 108 valence electrons. The Morgan fingerprint density at radius 3 is 2.11 bits per heavy atom. The minimum Gasteiger partial charge on any atom is -0.356 e. The van der Waals surface area contributed by atoms with Crippen molar-refractivity contribution in [3.05, 3.63) is 0 Å². The Morgan fingerprint density at radius 2 is 1.67 bits per heavy atom. The summed E-state index contributed by atoms with van der Waals surface area (Å²) in [4.78, 5) is 11.1. The minimum atomic E-state index is 0.0764. The van der Waals surface area contributed by atoms with Crippen LogP contribution in [0.3, 0.4) is 0 Å². The summed E-state index contributed by atoms with van der Waals surface area (Å²) in [6.07, 6.45) is 7.70. The van der Waals surface area contributed by atoms with Crippen LogP contribution in [0.2, 0.25) is 0 Å². The molecular formula is C16H33NO. The molecule has 1 N–H and O–H groups in total. The molecule has 0 rings (SSSR count). The highest BCUT2D eigenvalue weighted by Crippen LogP contribution is 2.45. The summed E-state index contributed by atoms with van der Waals surface area (Å²) in [5, 5.41) is 2.99. The van der Waals surface area contributed by atoms with Gasteiger partial charge in [-0.1, -0.05) is 66.7 Å². The second-order valence-corrected chi connectivity index (χ2v) is 6.52. The maximum Gasteiger partial charge on any atom is 0.216 e. The van der Waals surface area contributed by atoms with E-state index in [0.29, 0.717) is 5.41 Å². The van der Waals surface area contributed by atoms with Gasteiger partial charge >= 0.3 is 0 Å². The van der Waals surface area contributed by atoms with Crippen LogP contribution in [-0.4, -0.2) is 12.5 Å². The number of carbonyl (C=O) groups excluding carboxylic acids is 1. The van der Waals surface area contributed by atoms with Crippen molar-refractivity contribution < 1.29 is 4.79 Å². The number of hydrogen-bond donors (Lipinski definition) is 1. The predicted molar refractivity (Wildman–Crippen MR) is 79.6 cm³/mol. The molecule has 0 aromatic carbocycles. The SMILES string of the molecule is CCCCCCC(C)(CC)C(C)(C)CNC(C)=O. The van der Waals surface area contributed by atoms with Crippen molar-refractivity contribution in [2.45, 2.75) is 80.1 Å². The van der Waals surface area contributed by atoms with Gasteiger partial charge in [0.25, 0.3) is 0 Å². The summed E-state index contributed by atoms with van der Waals surface area (Å²) in [7, 11) is 0. The summed E-state index contributed by atoms with van der Waals surface area (Å²) < 4.78 is 0. The number of unbranched alkanes of at least 4 members (excludes halogenated alkanes) is 3. The molecule has 18 heavy (non-hydrogen) atoms. The van der Waals surface area contributed by atoms with Gasteiger partial charge in [-0.2, -0.15) is 0 Å². The average Bonchev–Trinajstić information content (AvgIpc) is 2.31. The summed E-state index contributed by atoms with van der Waals surface area (Å²) >= 11 is 0. The van der Waals surface area contributed by atoms with Gasteiger partial charge in [0.15, 0.2) is 0 Å². The molecule has 0 aliphatic rings. The van der Waals surface area contributed by atoms with Crippen molar-refractivity contribution in [1.29, 1.82) is 0 Å². The Hall–Kier alpha value is -0.530. The molecule has 0 saturated carbocycles. The van der Waals surface area contributed by atoms with Gasteiger partial charge < -0.3 is 5.32 Å². The third kappa shape index (κ3) is 5.41. The van der Waals surface area contributed by atoms with E-state index >= 15 is 0 Å². The first kappa shape index (κ1) is 17.5. The maximum atomic E-state index is 11.1. The van der Waals surface area contributed by atoms with Crippen LogP contribution in [0.25, 0.3) is 0 Å². The van der Waals surface area contributed by atoms with Crippen LogP contribution in [0.1, 0.15) is 80.1 Å². The van der Waals surface area contributed by atoms with Crippen LogP contribution in [0.4, 0.5) is 0 Å². The van der Waals surface area contributed by atoms with Crippen LogP contribution in [0, 0.1) is 10.8 Å². The van der Waals surface area contributed by atoms with E-state index in [1.165, 1.54) is 38.5 Å². The van der Waals surface area contributed by atoms with Crippen molar-refractivity contribution in [2.24, 2.45) is 10.8 Å². The van der Waals surface area contributed by atoms with E-state index in [2.05, 4.69) is 39.9 Å². The first-order valence-corrected chi connectivity index (χ1v) is 7.53. The molecule has 0 bridgehead atoms. The molecule has 0 saturated heterocycles. The fourth-order valence-corrected chi connectivity index (χ4v) is 2.49. The fourth-order valence-electron chi connectivity index (χ4n) is 2.49. The second kappa shape index (κ2) is 7.81. The molecule has 0 aliphatic heterocycles. The molecule has 0 aliphatic carbocycles. The molecule has 1 atom stereocenters. The first-order chi connectivity index (χ1) is 8.29. The monoisotopic (exact) mass is 255 g/mol. The summed E-state index contributed by atoms with van der Waals surface area (Å²) in [6, 6.07) is 0. The van der Waals surface area contributed by atoms with E-state index in [-0.39, 0.29) is 11.3 Å². The van der Waals surface area contributed by atoms with Gasteiger partial charge in [0.1, 0.15) is 0 Å². The molecule has 1 unspecified atom stereocenters. The standard InChI is InChI=1S/C16H33NO/c1-7-9-10-11-12-16(6,8-2)15(4,5)13-17-14(3)18/h7-13H2,1-6H3,(H,17,18). The van der Waals surface area contributed by atoms with E-state index in [0.717, 1.165) is 6.54 Å². The van der Waals surface area contributed by atoms with Crippen molar-refractivity contribution in [3.8, 4) is 0 Å². The van der Waals surface area contributed by atoms with Gasteiger partial charge in [-0.25, -0.2) is 0 Å². The zero-order valence-electron chi connectivity index (χ0n) is 13.4. The zero-order valence-corrected chi connectivity index (χ0v) is 13.4. The third-order valence-corrected chi connectivity index (χ3v) is 4.78. The summed E-state index contributed by atoms with van der Waals surface area (Å²) in [5.74, 6) is 0.0764. The van der Waals surface area contributed by atoms with Gasteiger partial charge in [-0.3, -0.25) is 4.79 Å². The van der Waals surface area contributed by atoms with Crippen LogP contribution < -0.4 is 5.32 Å². The summed E-state index contributed by atoms with van der Waals surface area (Å²) in [6.45, 7) is 13.8. The lowest BCUT2D eigenvalue weighted by Gasteiger charge is -2.44. The highest BCUT2D eigenvalue weighted by atomic mass is 16.1. The van der Waals surface area contributed by atoms with Crippen LogP contribution >= 0.6 is 0 Å². The van der Waals surface area contributed by atoms with E-state index in [1.807, 2.05) is 0 Å². The number of rotatable bonds is 9. The highest BCUT2D eigenvalue weighted by Gasteiger charge is 2.38. The minimum absolute atomic E-state index is 0.0764. The molecule has 0 aromatic heterocycles. The topological polar surface area (TPSA) is 29.1 Å². The van der Waals surface area contributed by atoms with E-state index in [4.69, 9.17) is 0 Å². The van der Waals surface area contributed by atoms with Gasteiger partial charge in [0.05, 0.1) is 0 Å². The van der Waals surface area contributed by atoms with Crippen LogP contribution in [-0.2, 0) is 4.79 Å². The number of amides is 1. The van der Waals surface area contributed by atoms with Crippen molar-refractivity contribution >= 4 is 5.91 Å². The highest BCUT2D eigenvalue weighted by molar-refractivity contribution is 5.72. The molecule has 0 heterocycles. The first-order valence-electron chi connectivity index (χ1n) is 7.53. The Kier molecular flexibility index (Phi) is 7.58. The van der Waals surface area contributed by atoms with Gasteiger partial charge in [0, 0.05) is 13.5 Å². The van der Waals surface area contributed by atoms with Gasteiger partial charge in [-0.05, 0) is 17.3 Å². The van der Waals surface area contributed by atoms with E-state index in [1.54, 1.807) is 6.92 Å². The largest absolute Gasteiger partial charge is 0.356 e. The smallest absolute Gasteiger partial charge is 0.216 e. The number of carbonyl (C=O) groups is 1. The summed E-state index contributed by atoms with van der Waals surface area (Å²) in [5.41, 5.74) is 0.461.